The maximum atomic E-state index is 11.7. The number of nitrogens with zero attached hydrogens (tertiary/aromatic N) is 2. The second-order valence-corrected chi connectivity index (χ2v) is 3.97. The van der Waals surface area contributed by atoms with Crippen molar-refractivity contribution < 1.29 is 0 Å². The van der Waals surface area contributed by atoms with Crippen molar-refractivity contribution in [1.82, 2.24) is 9.38 Å². The van der Waals surface area contributed by atoms with Crippen LogP contribution in [0.1, 0.15) is 11.3 Å². The minimum Gasteiger partial charge on any atom is -0.269 e. The topological polar surface area (TPSA) is 34.4 Å². The number of hydrogen-bond acceptors (Lipinski definition) is 2. The third-order valence-electron chi connectivity index (χ3n) is 2.09. The first-order chi connectivity index (χ1) is 6.59. The second kappa shape index (κ2) is 3.20. The Bertz CT molecular complexity index is 560. The number of hydrogen-bond donors (Lipinski definition) is 0. The first-order valence-corrected chi connectivity index (χ1v) is 4.89. The van der Waals surface area contributed by atoms with Crippen LogP contribution < -0.4 is 5.56 Å². The molecule has 0 aliphatic heterocycles. The van der Waals surface area contributed by atoms with E-state index in [2.05, 4.69) is 27.8 Å². The van der Waals surface area contributed by atoms with Gasteiger partial charge in [-0.25, -0.2) is 4.98 Å². The molecule has 2 aromatic heterocycles. The van der Waals surface area contributed by atoms with Crippen molar-refractivity contribution >= 4 is 21.6 Å². The monoisotopic (exact) mass is 251 g/mol. The standard InChI is InChI=1S/C10H8BrN2O/c1-6-7(2)12-9-5-8(11)3-4-13(9)10(6)14/h3-5H,1H2,2H3. The fourth-order valence-electron chi connectivity index (χ4n) is 1.26. The molecule has 0 bridgehead atoms. The van der Waals surface area contributed by atoms with E-state index in [0.29, 0.717) is 16.9 Å². The Morgan fingerprint density at radius 3 is 3.00 bits per heavy atom. The van der Waals surface area contributed by atoms with Crippen LogP contribution >= 0.6 is 15.9 Å². The molecular formula is C10H8BrN2O. The number of halogens is 1. The van der Waals surface area contributed by atoms with Gasteiger partial charge in [0, 0.05) is 21.9 Å². The maximum Gasteiger partial charge on any atom is 0.261 e. The molecular weight excluding hydrogens is 244 g/mol. The quantitative estimate of drug-likeness (QED) is 0.718. The van der Waals surface area contributed by atoms with Gasteiger partial charge in [-0.05, 0) is 26.0 Å². The van der Waals surface area contributed by atoms with Crippen molar-refractivity contribution in [2.45, 2.75) is 6.92 Å². The zero-order chi connectivity index (χ0) is 10.3. The molecule has 0 atom stereocenters. The molecule has 71 valence electrons. The van der Waals surface area contributed by atoms with Gasteiger partial charge < -0.3 is 0 Å². The van der Waals surface area contributed by atoms with Crippen LogP contribution in [0.3, 0.4) is 0 Å². The van der Waals surface area contributed by atoms with E-state index in [1.165, 1.54) is 4.40 Å². The zero-order valence-corrected chi connectivity index (χ0v) is 9.21. The summed E-state index contributed by atoms with van der Waals surface area (Å²) in [7, 11) is 0. The number of pyridine rings is 1. The van der Waals surface area contributed by atoms with E-state index in [0.717, 1.165) is 4.47 Å². The van der Waals surface area contributed by atoms with Crippen molar-refractivity contribution in [3.63, 3.8) is 0 Å². The van der Waals surface area contributed by atoms with Crippen LogP contribution in [0.15, 0.2) is 27.6 Å². The fraction of sp³-hybridized carbons (Fsp3) is 0.100. The van der Waals surface area contributed by atoms with E-state index in [9.17, 15) is 4.79 Å². The van der Waals surface area contributed by atoms with Gasteiger partial charge in [-0.1, -0.05) is 15.9 Å². The normalized spacial score (nSPS) is 10.8. The predicted molar refractivity (Wildman–Crippen MR) is 58.4 cm³/mol. The lowest BCUT2D eigenvalue weighted by Gasteiger charge is -2.03. The summed E-state index contributed by atoms with van der Waals surface area (Å²) in [6.07, 6.45) is 1.68. The molecule has 2 aromatic rings. The highest BCUT2D eigenvalue weighted by atomic mass is 79.9. The van der Waals surface area contributed by atoms with Gasteiger partial charge in [0.2, 0.25) is 0 Å². The summed E-state index contributed by atoms with van der Waals surface area (Å²) >= 11 is 3.33. The van der Waals surface area contributed by atoms with Crippen molar-refractivity contribution in [2.75, 3.05) is 0 Å². The Hall–Kier alpha value is -1.16. The largest absolute Gasteiger partial charge is 0.269 e. The van der Waals surface area contributed by atoms with E-state index in [4.69, 9.17) is 0 Å². The van der Waals surface area contributed by atoms with Gasteiger partial charge in [-0.15, -0.1) is 0 Å². The predicted octanol–water partition coefficient (Wildman–Crippen LogP) is 1.95. The Morgan fingerprint density at radius 2 is 2.29 bits per heavy atom. The highest BCUT2D eigenvalue weighted by Gasteiger charge is 2.04. The Morgan fingerprint density at radius 1 is 1.57 bits per heavy atom. The van der Waals surface area contributed by atoms with Gasteiger partial charge >= 0.3 is 0 Å². The highest BCUT2D eigenvalue weighted by molar-refractivity contribution is 9.10. The first-order valence-electron chi connectivity index (χ1n) is 4.10. The Balaban J connectivity index is 2.98. The van der Waals surface area contributed by atoms with Crippen LogP contribution in [0.4, 0.5) is 0 Å². The van der Waals surface area contributed by atoms with E-state index in [-0.39, 0.29) is 5.56 Å². The molecule has 0 fully saturated rings. The summed E-state index contributed by atoms with van der Waals surface area (Å²) in [5.74, 6) is 0. The molecule has 0 N–H and O–H groups in total. The molecule has 3 nitrogen and oxygen atoms in total. The van der Waals surface area contributed by atoms with Crippen LogP contribution in [0.5, 0.6) is 0 Å². The zero-order valence-electron chi connectivity index (χ0n) is 7.62. The number of rotatable bonds is 0. The lowest BCUT2D eigenvalue weighted by Crippen LogP contribution is -2.18. The van der Waals surface area contributed by atoms with E-state index < -0.39 is 0 Å². The van der Waals surface area contributed by atoms with Crippen LogP contribution in [-0.4, -0.2) is 9.38 Å². The van der Waals surface area contributed by atoms with E-state index in [1.807, 2.05) is 0 Å². The lowest BCUT2D eigenvalue weighted by atomic mass is 10.2. The molecule has 0 aliphatic rings. The molecule has 0 amide bonds. The average Bonchev–Trinajstić information content (AvgIpc) is 2.14. The average molecular weight is 252 g/mol. The van der Waals surface area contributed by atoms with E-state index in [1.54, 1.807) is 25.3 Å². The van der Waals surface area contributed by atoms with Gasteiger partial charge in [0.05, 0.1) is 0 Å². The fourth-order valence-corrected chi connectivity index (χ4v) is 1.58. The number of aromatic nitrogens is 2. The molecule has 2 rings (SSSR count). The summed E-state index contributed by atoms with van der Waals surface area (Å²) in [5.41, 5.74) is 1.65. The third kappa shape index (κ3) is 1.35. The molecule has 0 unspecified atom stereocenters. The van der Waals surface area contributed by atoms with Crippen LogP contribution in [0.2, 0.25) is 0 Å². The maximum absolute atomic E-state index is 11.7. The van der Waals surface area contributed by atoms with Crippen LogP contribution in [0.25, 0.3) is 5.65 Å². The van der Waals surface area contributed by atoms with Crippen molar-refractivity contribution in [3.05, 3.63) is 51.3 Å². The summed E-state index contributed by atoms with van der Waals surface area (Å²) < 4.78 is 2.39. The summed E-state index contributed by atoms with van der Waals surface area (Å²) in [6.45, 7) is 5.47. The van der Waals surface area contributed by atoms with Gasteiger partial charge in [0.1, 0.15) is 5.65 Å². The SMILES string of the molecule is [CH2]c1c(C)nc2cc(Br)ccn2c1=O. The molecule has 0 aliphatic carbocycles. The van der Waals surface area contributed by atoms with Gasteiger partial charge in [-0.2, -0.15) is 0 Å². The Labute approximate surface area is 89.5 Å². The second-order valence-electron chi connectivity index (χ2n) is 3.05. The Kier molecular flexibility index (Phi) is 2.15. The highest BCUT2D eigenvalue weighted by Crippen LogP contribution is 2.11. The van der Waals surface area contributed by atoms with Crippen molar-refractivity contribution in [2.24, 2.45) is 0 Å². The summed E-state index contributed by atoms with van der Waals surface area (Å²) in [6, 6.07) is 3.60. The molecule has 1 radical (unpaired) electrons. The van der Waals surface area contributed by atoms with E-state index >= 15 is 0 Å². The molecule has 14 heavy (non-hydrogen) atoms. The number of aryl methyl sites for hydroxylation is 1. The van der Waals surface area contributed by atoms with Gasteiger partial charge in [0.25, 0.3) is 5.56 Å². The minimum absolute atomic E-state index is 0.111. The molecule has 4 heteroatoms. The third-order valence-corrected chi connectivity index (χ3v) is 2.59. The van der Waals surface area contributed by atoms with Crippen LogP contribution in [-0.2, 0) is 0 Å². The summed E-state index contributed by atoms with van der Waals surface area (Å²) in [4.78, 5) is 16.0. The molecule has 0 saturated heterocycles. The molecule has 0 saturated carbocycles. The lowest BCUT2D eigenvalue weighted by molar-refractivity contribution is 0.999. The minimum atomic E-state index is -0.111. The van der Waals surface area contributed by atoms with Gasteiger partial charge in [-0.3, -0.25) is 9.20 Å². The number of fused-ring (bicyclic) bond motifs is 1. The summed E-state index contributed by atoms with van der Waals surface area (Å²) in [5, 5.41) is 0. The molecule has 0 spiro atoms. The molecule has 2 heterocycles. The van der Waals surface area contributed by atoms with Crippen molar-refractivity contribution in [3.8, 4) is 0 Å². The first kappa shape index (κ1) is 9.40. The van der Waals surface area contributed by atoms with Crippen molar-refractivity contribution in [1.29, 1.82) is 0 Å². The molecule has 0 aromatic carbocycles. The smallest absolute Gasteiger partial charge is 0.261 e. The van der Waals surface area contributed by atoms with Crippen LogP contribution in [0, 0.1) is 13.8 Å². The van der Waals surface area contributed by atoms with Gasteiger partial charge in [0.15, 0.2) is 0 Å².